The molecule has 2 aromatic heterocycles. The lowest BCUT2D eigenvalue weighted by molar-refractivity contribution is -0.368. The van der Waals surface area contributed by atoms with E-state index < -0.39 is 11.7 Å². The summed E-state index contributed by atoms with van der Waals surface area (Å²) in [5.41, 5.74) is 10.8. The first-order valence-electron chi connectivity index (χ1n) is 13.7. The fourth-order valence-electron chi connectivity index (χ4n) is 7.22. The van der Waals surface area contributed by atoms with E-state index in [1.54, 1.807) is 6.07 Å². The van der Waals surface area contributed by atoms with E-state index in [2.05, 4.69) is 43.0 Å². The van der Waals surface area contributed by atoms with Crippen molar-refractivity contribution in [1.82, 2.24) is 20.2 Å². The van der Waals surface area contributed by atoms with Gasteiger partial charge in [-0.25, -0.2) is 0 Å². The summed E-state index contributed by atoms with van der Waals surface area (Å²) in [6.45, 7) is 1.19. The summed E-state index contributed by atoms with van der Waals surface area (Å²) in [7, 11) is 0. The molecule has 4 N–H and O–H groups in total. The van der Waals surface area contributed by atoms with E-state index in [9.17, 15) is 13.6 Å². The zero-order chi connectivity index (χ0) is 27.3. The Balaban J connectivity index is 1.09. The van der Waals surface area contributed by atoms with Gasteiger partial charge in [0, 0.05) is 30.1 Å². The monoisotopic (exact) mass is 546 g/mol. The molecule has 4 heterocycles. The standard InChI is InChI=1S/C29H28F2N6O3/c30-29(31)39-15-18-19(6-3-7-20(18)40-29)28(8-9-28)23-21-24(36-35-23)33-26(34-25(21)38)37-12-10-27(11-13-37)14-16-4-1-2-5-17(16)22(27)32/h1-7,22H,8-15,32H2,(H2,33,34,35,36,38)/t22-/m1/s1. The number of hydrogen-bond donors (Lipinski definition) is 3. The summed E-state index contributed by atoms with van der Waals surface area (Å²) >= 11 is 0. The normalized spacial score (nSPS) is 23.6. The van der Waals surface area contributed by atoms with Crippen LogP contribution < -0.4 is 20.9 Å². The number of nitrogens with zero attached hydrogens (tertiary/aromatic N) is 3. The number of rotatable bonds is 3. The van der Waals surface area contributed by atoms with Crippen LogP contribution in [0.3, 0.4) is 0 Å². The Morgan fingerprint density at radius 3 is 2.62 bits per heavy atom. The number of benzene rings is 2. The van der Waals surface area contributed by atoms with Gasteiger partial charge in [-0.1, -0.05) is 36.4 Å². The van der Waals surface area contributed by atoms with E-state index in [-0.39, 0.29) is 29.4 Å². The van der Waals surface area contributed by atoms with Crippen LogP contribution in [0.4, 0.5) is 14.7 Å². The van der Waals surface area contributed by atoms with Crippen molar-refractivity contribution in [1.29, 1.82) is 0 Å². The summed E-state index contributed by atoms with van der Waals surface area (Å²) in [6.07, 6.45) is 0.563. The molecule has 2 fully saturated rings. The molecule has 0 unspecified atom stereocenters. The maximum atomic E-state index is 13.7. The highest BCUT2D eigenvalue weighted by molar-refractivity contribution is 5.81. The molecule has 2 aliphatic heterocycles. The van der Waals surface area contributed by atoms with Gasteiger partial charge in [-0.15, -0.1) is 8.78 Å². The second-order valence-corrected chi connectivity index (χ2v) is 11.6. The molecule has 0 radical (unpaired) electrons. The summed E-state index contributed by atoms with van der Waals surface area (Å²) in [5, 5.41) is 7.92. The Bertz CT molecular complexity index is 1720. The average molecular weight is 547 g/mol. The molecule has 40 heavy (non-hydrogen) atoms. The lowest BCUT2D eigenvalue weighted by Gasteiger charge is -2.42. The van der Waals surface area contributed by atoms with Crippen molar-refractivity contribution < 1.29 is 18.3 Å². The van der Waals surface area contributed by atoms with Crippen molar-refractivity contribution in [3.05, 3.63) is 80.8 Å². The Kier molecular flexibility index (Phi) is 4.87. The van der Waals surface area contributed by atoms with Crippen LogP contribution in [-0.4, -0.2) is 39.5 Å². The number of aromatic nitrogens is 4. The molecule has 1 saturated heterocycles. The van der Waals surface area contributed by atoms with Gasteiger partial charge in [0.25, 0.3) is 5.56 Å². The molecule has 4 aromatic rings. The molecule has 206 valence electrons. The third-order valence-corrected chi connectivity index (χ3v) is 9.53. The maximum absolute atomic E-state index is 13.7. The number of halogens is 2. The number of anilines is 1. The highest BCUT2D eigenvalue weighted by Crippen LogP contribution is 2.57. The fraction of sp³-hybridized carbons (Fsp3) is 0.414. The molecule has 2 aliphatic carbocycles. The quantitative estimate of drug-likeness (QED) is 0.355. The summed E-state index contributed by atoms with van der Waals surface area (Å²) in [5.74, 6) is 0.597. The first kappa shape index (κ1) is 24.0. The van der Waals surface area contributed by atoms with Crippen molar-refractivity contribution in [3.8, 4) is 5.75 Å². The number of nitrogens with one attached hydrogen (secondary N) is 2. The van der Waals surface area contributed by atoms with Crippen LogP contribution >= 0.6 is 0 Å². The Morgan fingerprint density at radius 1 is 1.05 bits per heavy atom. The number of piperidine rings is 1. The third-order valence-electron chi connectivity index (χ3n) is 9.53. The van der Waals surface area contributed by atoms with Gasteiger partial charge in [-0.2, -0.15) is 10.1 Å². The van der Waals surface area contributed by atoms with E-state index in [0.29, 0.717) is 28.2 Å². The largest absolute Gasteiger partial charge is 0.535 e. The molecule has 4 aliphatic rings. The Morgan fingerprint density at radius 2 is 1.85 bits per heavy atom. The molecule has 1 spiro atoms. The van der Waals surface area contributed by atoms with Gasteiger partial charge >= 0.3 is 6.29 Å². The molecule has 11 heteroatoms. The van der Waals surface area contributed by atoms with Crippen LogP contribution in [0.1, 0.15) is 59.7 Å². The topological polar surface area (TPSA) is 122 Å². The molecule has 9 nitrogen and oxygen atoms in total. The number of ether oxygens (including phenoxy) is 2. The molecule has 0 amide bonds. The van der Waals surface area contributed by atoms with Crippen LogP contribution in [0, 0.1) is 5.41 Å². The van der Waals surface area contributed by atoms with Gasteiger partial charge in [-0.05, 0) is 60.3 Å². The van der Waals surface area contributed by atoms with Gasteiger partial charge in [-0.3, -0.25) is 19.6 Å². The van der Waals surface area contributed by atoms with E-state index in [4.69, 9.17) is 15.5 Å². The van der Waals surface area contributed by atoms with Gasteiger partial charge in [0.1, 0.15) is 11.1 Å². The molecule has 2 aromatic carbocycles. The van der Waals surface area contributed by atoms with E-state index in [1.165, 1.54) is 17.2 Å². The minimum absolute atomic E-state index is 0.0102. The number of aromatic amines is 2. The SMILES string of the molecule is N[C@@H]1c2ccccc2CC12CCN(c1nc3[nH]nc(C4(c5cccc6c5COC(F)(F)O6)CC4)c3c(=O)[nH]1)CC2. The van der Waals surface area contributed by atoms with Crippen LogP contribution in [0.25, 0.3) is 11.0 Å². The minimum Gasteiger partial charge on any atom is -0.409 e. The summed E-state index contributed by atoms with van der Waals surface area (Å²) in [6, 6.07) is 13.5. The van der Waals surface area contributed by atoms with Crippen molar-refractivity contribution in [2.75, 3.05) is 18.0 Å². The average Bonchev–Trinajstić information content (AvgIpc) is 3.55. The third kappa shape index (κ3) is 3.40. The van der Waals surface area contributed by atoms with Crippen molar-refractivity contribution in [3.63, 3.8) is 0 Å². The second kappa shape index (κ2) is 8.11. The van der Waals surface area contributed by atoms with Crippen molar-refractivity contribution >= 4 is 17.0 Å². The van der Waals surface area contributed by atoms with Gasteiger partial charge in [0.05, 0.1) is 12.3 Å². The van der Waals surface area contributed by atoms with E-state index in [1.807, 2.05) is 12.1 Å². The summed E-state index contributed by atoms with van der Waals surface area (Å²) < 4.78 is 36.8. The molecule has 1 atom stereocenters. The lowest BCUT2D eigenvalue weighted by atomic mass is 9.73. The number of hydrogen-bond acceptors (Lipinski definition) is 7. The van der Waals surface area contributed by atoms with Crippen LogP contribution in [-0.2, 0) is 23.2 Å². The highest BCUT2D eigenvalue weighted by Gasteiger charge is 2.52. The van der Waals surface area contributed by atoms with Crippen LogP contribution in [0.5, 0.6) is 5.75 Å². The fourth-order valence-corrected chi connectivity index (χ4v) is 7.22. The van der Waals surface area contributed by atoms with E-state index in [0.717, 1.165) is 50.8 Å². The first-order chi connectivity index (χ1) is 19.3. The maximum Gasteiger partial charge on any atom is 0.535 e. The Hall–Kier alpha value is -3.83. The predicted molar refractivity (Wildman–Crippen MR) is 142 cm³/mol. The lowest BCUT2D eigenvalue weighted by Crippen LogP contribution is -2.45. The van der Waals surface area contributed by atoms with Gasteiger partial charge in [0.15, 0.2) is 5.65 Å². The van der Waals surface area contributed by atoms with Crippen LogP contribution in [0.2, 0.25) is 0 Å². The number of alkyl halides is 2. The van der Waals surface area contributed by atoms with Gasteiger partial charge < -0.3 is 15.4 Å². The highest BCUT2D eigenvalue weighted by atomic mass is 19.3. The molecule has 0 bridgehead atoms. The number of H-pyrrole nitrogens is 2. The molecular weight excluding hydrogens is 518 g/mol. The van der Waals surface area contributed by atoms with Crippen molar-refractivity contribution in [2.24, 2.45) is 11.1 Å². The molecule has 8 rings (SSSR count). The minimum atomic E-state index is -3.67. The van der Waals surface area contributed by atoms with Crippen molar-refractivity contribution in [2.45, 2.75) is 56.5 Å². The number of fused-ring (bicyclic) bond motifs is 3. The summed E-state index contributed by atoms with van der Waals surface area (Å²) in [4.78, 5) is 23.4. The zero-order valence-electron chi connectivity index (χ0n) is 21.7. The van der Waals surface area contributed by atoms with Crippen LogP contribution in [0.15, 0.2) is 47.3 Å². The van der Waals surface area contributed by atoms with E-state index >= 15 is 0 Å². The second-order valence-electron chi connectivity index (χ2n) is 11.6. The molecule has 1 saturated carbocycles. The zero-order valence-corrected chi connectivity index (χ0v) is 21.7. The predicted octanol–water partition coefficient (Wildman–Crippen LogP) is 4.03. The first-order valence-corrected chi connectivity index (χ1v) is 13.7. The smallest absolute Gasteiger partial charge is 0.409 e. The number of nitrogens with two attached hydrogens (primary N) is 1. The Labute approximate surface area is 227 Å². The van der Waals surface area contributed by atoms with Gasteiger partial charge in [0.2, 0.25) is 5.95 Å². The molecular formula is C29H28F2N6O3.